The molecular weight excluding hydrogens is 186 g/mol. The molecule has 2 heteroatoms. The van der Waals surface area contributed by atoms with Crippen LogP contribution in [-0.2, 0) is 0 Å². The number of hydrogen-bond acceptors (Lipinski definition) is 2. The molecule has 0 saturated heterocycles. The summed E-state index contributed by atoms with van der Waals surface area (Å²) in [5.41, 5.74) is 0. The molecule has 0 aromatic carbocycles. The highest BCUT2D eigenvalue weighted by molar-refractivity contribution is 4.75. The van der Waals surface area contributed by atoms with Gasteiger partial charge in [-0.3, -0.25) is 0 Å². The van der Waals surface area contributed by atoms with Gasteiger partial charge in [0.2, 0.25) is 0 Å². The molecule has 90 valence electrons. The second kappa shape index (κ2) is 6.49. The average Bonchev–Trinajstić information content (AvgIpc) is 2.26. The van der Waals surface area contributed by atoms with Gasteiger partial charge < -0.3 is 10.4 Å². The zero-order chi connectivity index (χ0) is 11.3. The first-order valence-electron chi connectivity index (χ1n) is 6.47. The highest BCUT2D eigenvalue weighted by Crippen LogP contribution is 2.27. The first kappa shape index (κ1) is 13.0. The third-order valence-electron chi connectivity index (χ3n) is 4.01. The lowest BCUT2D eigenvalue weighted by Crippen LogP contribution is -2.37. The highest BCUT2D eigenvalue weighted by Gasteiger charge is 2.19. The van der Waals surface area contributed by atoms with E-state index in [0.717, 1.165) is 18.4 Å². The van der Waals surface area contributed by atoms with E-state index in [-0.39, 0.29) is 6.61 Å². The molecule has 15 heavy (non-hydrogen) atoms. The monoisotopic (exact) mass is 213 g/mol. The van der Waals surface area contributed by atoms with Crippen molar-refractivity contribution in [3.8, 4) is 0 Å². The van der Waals surface area contributed by atoms with Crippen molar-refractivity contribution < 1.29 is 5.11 Å². The number of hydrogen-bond donors (Lipinski definition) is 2. The zero-order valence-electron chi connectivity index (χ0n) is 10.5. The van der Waals surface area contributed by atoms with Gasteiger partial charge in [0.1, 0.15) is 0 Å². The molecule has 0 aromatic rings. The maximum Gasteiger partial charge on any atom is 0.0471 e. The Hall–Kier alpha value is -0.0800. The van der Waals surface area contributed by atoms with Gasteiger partial charge in [0.15, 0.2) is 0 Å². The predicted molar refractivity (Wildman–Crippen MR) is 64.8 cm³/mol. The van der Waals surface area contributed by atoms with Gasteiger partial charge >= 0.3 is 0 Å². The van der Waals surface area contributed by atoms with Crippen molar-refractivity contribution in [3.05, 3.63) is 0 Å². The van der Waals surface area contributed by atoms with Crippen LogP contribution in [0.2, 0.25) is 0 Å². The quantitative estimate of drug-likeness (QED) is 0.735. The van der Waals surface area contributed by atoms with Crippen molar-refractivity contribution in [1.82, 2.24) is 5.32 Å². The molecule has 0 heterocycles. The van der Waals surface area contributed by atoms with E-state index in [1.807, 2.05) is 0 Å². The summed E-state index contributed by atoms with van der Waals surface area (Å²) < 4.78 is 0. The second-order valence-corrected chi connectivity index (χ2v) is 5.48. The molecule has 0 bridgehead atoms. The predicted octanol–water partition coefficient (Wildman–Crippen LogP) is 2.42. The summed E-state index contributed by atoms with van der Waals surface area (Å²) in [6.07, 6.45) is 5.56. The molecule has 1 aliphatic carbocycles. The molecule has 0 radical (unpaired) electrons. The lowest BCUT2D eigenvalue weighted by Gasteiger charge is -2.28. The van der Waals surface area contributed by atoms with E-state index in [9.17, 15) is 0 Å². The summed E-state index contributed by atoms with van der Waals surface area (Å²) in [6.45, 7) is 8.06. The third kappa shape index (κ3) is 4.52. The Kier molecular flexibility index (Phi) is 5.62. The van der Waals surface area contributed by atoms with Crippen LogP contribution in [0.3, 0.4) is 0 Å². The van der Waals surface area contributed by atoms with Crippen molar-refractivity contribution in [2.45, 2.75) is 52.5 Å². The molecular formula is C13H27NO. The average molecular weight is 213 g/mol. The van der Waals surface area contributed by atoms with Crippen LogP contribution in [-0.4, -0.2) is 24.3 Å². The molecule has 2 N–H and O–H groups in total. The van der Waals surface area contributed by atoms with Crippen LogP contribution in [0.5, 0.6) is 0 Å². The maximum absolute atomic E-state index is 9.04. The minimum atomic E-state index is 0.288. The minimum absolute atomic E-state index is 0.288. The van der Waals surface area contributed by atoms with Crippen LogP contribution >= 0.6 is 0 Å². The zero-order valence-corrected chi connectivity index (χ0v) is 10.5. The minimum Gasteiger partial charge on any atom is -0.396 e. The Morgan fingerprint density at radius 1 is 1.20 bits per heavy atom. The van der Waals surface area contributed by atoms with Gasteiger partial charge in [-0.15, -0.1) is 0 Å². The molecule has 2 unspecified atom stereocenters. The summed E-state index contributed by atoms with van der Waals surface area (Å²) in [5, 5.41) is 12.6. The van der Waals surface area contributed by atoms with Crippen LogP contribution in [0.15, 0.2) is 0 Å². The number of nitrogens with one attached hydrogen (secondary N) is 1. The molecule has 1 fully saturated rings. The Labute approximate surface area is 94.5 Å². The topological polar surface area (TPSA) is 32.3 Å². The highest BCUT2D eigenvalue weighted by atomic mass is 16.3. The van der Waals surface area contributed by atoms with Crippen molar-refractivity contribution in [2.24, 2.45) is 17.8 Å². The van der Waals surface area contributed by atoms with E-state index < -0.39 is 0 Å². The molecule has 0 aromatic heterocycles. The van der Waals surface area contributed by atoms with Gasteiger partial charge in [-0.25, -0.2) is 0 Å². The summed E-state index contributed by atoms with van der Waals surface area (Å²) in [6, 6.07) is 0.439. The summed E-state index contributed by atoms with van der Waals surface area (Å²) in [7, 11) is 0. The van der Waals surface area contributed by atoms with Gasteiger partial charge in [0.25, 0.3) is 0 Å². The van der Waals surface area contributed by atoms with E-state index in [1.54, 1.807) is 0 Å². The Bertz CT molecular complexity index is 164. The van der Waals surface area contributed by atoms with Gasteiger partial charge in [0.05, 0.1) is 0 Å². The summed E-state index contributed by atoms with van der Waals surface area (Å²) in [5.74, 6) is 2.18. The van der Waals surface area contributed by atoms with Crippen LogP contribution < -0.4 is 5.32 Å². The molecule has 0 aliphatic heterocycles. The molecule has 2 nitrogen and oxygen atoms in total. The first-order chi connectivity index (χ1) is 7.13. The molecule has 1 aliphatic rings. The van der Waals surface area contributed by atoms with E-state index in [2.05, 4.69) is 26.1 Å². The lowest BCUT2D eigenvalue weighted by molar-refractivity contribution is 0.198. The van der Waals surface area contributed by atoms with E-state index in [0.29, 0.717) is 12.0 Å². The van der Waals surface area contributed by atoms with Gasteiger partial charge in [-0.05, 0) is 44.1 Å². The fourth-order valence-electron chi connectivity index (χ4n) is 2.25. The van der Waals surface area contributed by atoms with Crippen LogP contribution in [0.4, 0.5) is 0 Å². The summed E-state index contributed by atoms with van der Waals surface area (Å²) >= 11 is 0. The van der Waals surface area contributed by atoms with Crippen LogP contribution in [0.25, 0.3) is 0 Å². The second-order valence-electron chi connectivity index (χ2n) is 5.48. The SMILES string of the molecule is CC1CCC(CNC(C)C(C)CO)CC1. The smallest absolute Gasteiger partial charge is 0.0471 e. The third-order valence-corrected chi connectivity index (χ3v) is 4.01. The van der Waals surface area contributed by atoms with E-state index >= 15 is 0 Å². The fourth-order valence-corrected chi connectivity index (χ4v) is 2.25. The standard InChI is InChI=1S/C13H27NO/c1-10-4-6-13(7-5-10)8-14-12(3)11(2)9-15/h10-15H,4-9H2,1-3H3. The van der Waals surface area contributed by atoms with Crippen LogP contribution in [0, 0.1) is 17.8 Å². The Balaban J connectivity index is 2.14. The Morgan fingerprint density at radius 2 is 1.80 bits per heavy atom. The molecule has 1 rings (SSSR count). The van der Waals surface area contributed by atoms with Crippen LogP contribution in [0.1, 0.15) is 46.5 Å². The maximum atomic E-state index is 9.04. The van der Waals surface area contributed by atoms with Crippen molar-refractivity contribution in [2.75, 3.05) is 13.2 Å². The molecule has 1 saturated carbocycles. The molecule has 0 spiro atoms. The molecule has 2 atom stereocenters. The number of aliphatic hydroxyl groups excluding tert-OH is 1. The van der Waals surface area contributed by atoms with Gasteiger partial charge in [0, 0.05) is 12.6 Å². The lowest BCUT2D eigenvalue weighted by atomic mass is 9.83. The molecule has 0 amide bonds. The van der Waals surface area contributed by atoms with Gasteiger partial charge in [-0.2, -0.15) is 0 Å². The van der Waals surface area contributed by atoms with E-state index in [4.69, 9.17) is 5.11 Å². The van der Waals surface area contributed by atoms with Gasteiger partial charge in [-0.1, -0.05) is 26.7 Å². The number of rotatable bonds is 5. The van der Waals surface area contributed by atoms with Crippen molar-refractivity contribution in [1.29, 1.82) is 0 Å². The van der Waals surface area contributed by atoms with Crippen molar-refractivity contribution in [3.63, 3.8) is 0 Å². The number of aliphatic hydroxyl groups is 1. The van der Waals surface area contributed by atoms with Crippen molar-refractivity contribution >= 4 is 0 Å². The Morgan fingerprint density at radius 3 is 2.33 bits per heavy atom. The largest absolute Gasteiger partial charge is 0.396 e. The first-order valence-corrected chi connectivity index (χ1v) is 6.47. The summed E-state index contributed by atoms with van der Waals surface area (Å²) in [4.78, 5) is 0. The normalized spacial score (nSPS) is 31.2. The van der Waals surface area contributed by atoms with E-state index in [1.165, 1.54) is 25.7 Å². The fraction of sp³-hybridized carbons (Fsp3) is 1.00.